The topological polar surface area (TPSA) is 94.5 Å². The third kappa shape index (κ3) is 4.05. The maximum absolute atomic E-state index is 12.5. The Labute approximate surface area is 173 Å². The third-order valence-electron chi connectivity index (χ3n) is 5.13. The van der Waals surface area contributed by atoms with Crippen LogP contribution in [0.15, 0.2) is 47.1 Å². The summed E-state index contributed by atoms with van der Waals surface area (Å²) in [6.07, 6.45) is 3.68. The zero-order valence-corrected chi connectivity index (χ0v) is 16.7. The number of methoxy groups -OCH3 is 1. The van der Waals surface area contributed by atoms with Crippen molar-refractivity contribution in [1.82, 2.24) is 10.1 Å². The van der Waals surface area contributed by atoms with E-state index in [9.17, 15) is 4.79 Å². The first kappa shape index (κ1) is 19.3. The van der Waals surface area contributed by atoms with E-state index in [2.05, 4.69) is 15.0 Å². The largest absolute Gasteiger partial charge is 0.465 e. The normalized spacial score (nSPS) is 16.2. The maximum atomic E-state index is 12.5. The molecular formula is C21H21ClN4O3. The van der Waals surface area contributed by atoms with E-state index in [1.165, 1.54) is 7.11 Å². The van der Waals surface area contributed by atoms with Gasteiger partial charge in [0.1, 0.15) is 5.82 Å². The summed E-state index contributed by atoms with van der Waals surface area (Å²) >= 11 is 5.97. The number of pyridine rings is 1. The summed E-state index contributed by atoms with van der Waals surface area (Å²) in [5.41, 5.74) is 7.86. The Balaban J connectivity index is 1.57. The highest BCUT2D eigenvalue weighted by molar-refractivity contribution is 6.30. The van der Waals surface area contributed by atoms with Crippen molar-refractivity contribution in [1.29, 1.82) is 0 Å². The monoisotopic (exact) mass is 412 g/mol. The van der Waals surface area contributed by atoms with Crippen molar-refractivity contribution in [2.45, 2.75) is 12.8 Å². The number of anilines is 2. The summed E-state index contributed by atoms with van der Waals surface area (Å²) < 4.78 is 10.6. The van der Waals surface area contributed by atoms with Gasteiger partial charge >= 0.3 is 5.97 Å². The number of esters is 1. The van der Waals surface area contributed by atoms with Crippen molar-refractivity contribution in [3.8, 4) is 11.3 Å². The molecule has 0 spiro atoms. The number of hydrogen-bond acceptors (Lipinski definition) is 7. The van der Waals surface area contributed by atoms with Gasteiger partial charge < -0.3 is 19.9 Å². The van der Waals surface area contributed by atoms with Crippen LogP contribution in [0.4, 0.5) is 11.6 Å². The first-order valence-electron chi connectivity index (χ1n) is 9.34. The number of hydrogen-bond donors (Lipinski definition) is 1. The van der Waals surface area contributed by atoms with E-state index in [0.717, 1.165) is 37.1 Å². The van der Waals surface area contributed by atoms with Gasteiger partial charge in [-0.25, -0.2) is 9.78 Å². The molecule has 1 fully saturated rings. The van der Waals surface area contributed by atoms with Gasteiger partial charge in [-0.1, -0.05) is 22.8 Å². The van der Waals surface area contributed by atoms with E-state index in [1.54, 1.807) is 24.3 Å². The third-order valence-corrected chi connectivity index (χ3v) is 5.38. The minimum atomic E-state index is -0.475. The number of aromatic nitrogens is 2. The Kier molecular flexibility index (Phi) is 5.40. The van der Waals surface area contributed by atoms with Crippen molar-refractivity contribution in [3.05, 3.63) is 58.7 Å². The lowest BCUT2D eigenvalue weighted by molar-refractivity contribution is 0.0601. The van der Waals surface area contributed by atoms with Crippen LogP contribution in [0.25, 0.3) is 11.3 Å². The maximum Gasteiger partial charge on any atom is 0.345 e. The van der Waals surface area contributed by atoms with Crippen LogP contribution in [-0.2, 0) is 11.2 Å². The molecule has 0 saturated carbocycles. The van der Waals surface area contributed by atoms with Gasteiger partial charge in [0.25, 0.3) is 0 Å². The minimum absolute atomic E-state index is 0.338. The summed E-state index contributed by atoms with van der Waals surface area (Å²) in [5, 5.41) is 4.81. The molecule has 4 rings (SSSR count). The van der Waals surface area contributed by atoms with Crippen molar-refractivity contribution in [2.24, 2.45) is 5.92 Å². The molecule has 1 atom stereocenters. The molecule has 2 N–H and O–H groups in total. The van der Waals surface area contributed by atoms with Crippen molar-refractivity contribution < 1.29 is 14.1 Å². The number of nitrogens with two attached hydrogens (primary N) is 1. The Morgan fingerprint density at radius 3 is 2.79 bits per heavy atom. The fraction of sp³-hybridized carbons (Fsp3) is 0.286. The molecule has 150 valence electrons. The van der Waals surface area contributed by atoms with Crippen LogP contribution in [0, 0.1) is 5.92 Å². The Morgan fingerprint density at radius 2 is 2.10 bits per heavy atom. The Morgan fingerprint density at radius 1 is 1.31 bits per heavy atom. The van der Waals surface area contributed by atoms with E-state index in [4.69, 9.17) is 26.6 Å². The lowest BCUT2D eigenvalue weighted by Gasteiger charge is -2.16. The summed E-state index contributed by atoms with van der Waals surface area (Å²) in [6, 6.07) is 10.9. The summed E-state index contributed by atoms with van der Waals surface area (Å²) in [4.78, 5) is 18.8. The molecule has 1 unspecified atom stereocenters. The van der Waals surface area contributed by atoms with Crippen LogP contribution >= 0.6 is 11.6 Å². The van der Waals surface area contributed by atoms with Crippen LogP contribution in [0.5, 0.6) is 0 Å². The van der Waals surface area contributed by atoms with Gasteiger partial charge in [0.2, 0.25) is 0 Å². The first-order valence-corrected chi connectivity index (χ1v) is 9.72. The highest BCUT2D eigenvalue weighted by atomic mass is 35.5. The van der Waals surface area contributed by atoms with Gasteiger partial charge in [-0.05, 0) is 54.7 Å². The molecule has 0 radical (unpaired) electrons. The molecule has 3 heterocycles. The van der Waals surface area contributed by atoms with Gasteiger partial charge in [0, 0.05) is 29.9 Å². The minimum Gasteiger partial charge on any atom is -0.465 e. The average molecular weight is 413 g/mol. The molecule has 29 heavy (non-hydrogen) atoms. The molecule has 1 aliphatic heterocycles. The number of halogens is 1. The van der Waals surface area contributed by atoms with Crippen LogP contribution in [0.1, 0.15) is 22.3 Å². The molecule has 3 aromatic rings. The molecule has 0 aliphatic carbocycles. The van der Waals surface area contributed by atoms with E-state index < -0.39 is 5.97 Å². The van der Waals surface area contributed by atoms with Gasteiger partial charge in [-0.3, -0.25) is 0 Å². The van der Waals surface area contributed by atoms with E-state index in [0.29, 0.717) is 33.9 Å². The summed E-state index contributed by atoms with van der Waals surface area (Å²) in [6.45, 7) is 1.55. The van der Waals surface area contributed by atoms with Gasteiger partial charge in [-0.15, -0.1) is 0 Å². The lowest BCUT2D eigenvalue weighted by atomic mass is 10.00. The quantitative estimate of drug-likeness (QED) is 0.636. The zero-order chi connectivity index (χ0) is 20.4. The number of nitrogen functional groups attached to an aromatic ring is 1. The molecular weight excluding hydrogens is 392 g/mol. The van der Waals surface area contributed by atoms with Crippen LogP contribution < -0.4 is 10.6 Å². The molecule has 0 bridgehead atoms. The number of carbonyl (C=O) groups excluding carboxylic acids is 1. The summed E-state index contributed by atoms with van der Waals surface area (Å²) in [5.74, 6) is 1.36. The molecule has 0 amide bonds. The van der Waals surface area contributed by atoms with Gasteiger partial charge in [-0.2, -0.15) is 0 Å². The van der Waals surface area contributed by atoms with Crippen molar-refractivity contribution >= 4 is 29.2 Å². The van der Waals surface area contributed by atoms with E-state index >= 15 is 0 Å². The van der Waals surface area contributed by atoms with Crippen LogP contribution in [0.2, 0.25) is 5.02 Å². The Hall–Kier alpha value is -3.06. The van der Waals surface area contributed by atoms with Crippen molar-refractivity contribution in [3.63, 3.8) is 0 Å². The number of nitrogens with zero attached hydrogens (tertiary/aromatic N) is 3. The standard InChI is InChI=1S/C21H21ClN4O3/c1-28-21(27)18-19(15-3-5-16(22)6-4-15)29-25-20(18)26-9-8-14(12-26)10-13-2-7-17(23)24-11-13/h2-7,11,14H,8-10,12H2,1H3,(H2,23,24). The zero-order valence-electron chi connectivity index (χ0n) is 16.0. The van der Waals surface area contributed by atoms with Gasteiger partial charge in [0.05, 0.1) is 7.11 Å². The average Bonchev–Trinajstić information content (AvgIpc) is 3.37. The smallest absolute Gasteiger partial charge is 0.345 e. The van der Waals surface area contributed by atoms with Crippen molar-refractivity contribution in [2.75, 3.05) is 30.8 Å². The number of rotatable bonds is 5. The second-order valence-electron chi connectivity index (χ2n) is 7.10. The molecule has 7 nitrogen and oxygen atoms in total. The molecule has 1 aliphatic rings. The lowest BCUT2D eigenvalue weighted by Crippen LogP contribution is -2.23. The first-order chi connectivity index (χ1) is 14.0. The van der Waals surface area contributed by atoms with E-state index in [1.807, 2.05) is 18.3 Å². The second-order valence-corrected chi connectivity index (χ2v) is 7.54. The Bertz CT molecular complexity index is 1000. The number of ether oxygens (including phenoxy) is 1. The predicted octanol–water partition coefficient (Wildman–Crippen LogP) is 3.83. The number of benzene rings is 1. The second kappa shape index (κ2) is 8.13. The van der Waals surface area contributed by atoms with Gasteiger partial charge in [0.15, 0.2) is 17.1 Å². The molecule has 1 aromatic carbocycles. The highest BCUT2D eigenvalue weighted by Crippen LogP contribution is 2.35. The molecule has 1 saturated heterocycles. The SMILES string of the molecule is COC(=O)c1c(N2CCC(Cc3ccc(N)nc3)C2)noc1-c1ccc(Cl)cc1. The fourth-order valence-electron chi connectivity index (χ4n) is 3.66. The number of carbonyl (C=O) groups is 1. The summed E-state index contributed by atoms with van der Waals surface area (Å²) in [7, 11) is 1.35. The van der Waals surface area contributed by atoms with Crippen LogP contribution in [0.3, 0.4) is 0 Å². The fourth-order valence-corrected chi connectivity index (χ4v) is 3.79. The molecule has 8 heteroatoms. The highest BCUT2D eigenvalue weighted by Gasteiger charge is 2.32. The predicted molar refractivity (Wildman–Crippen MR) is 111 cm³/mol. The van der Waals surface area contributed by atoms with Crippen LogP contribution in [-0.4, -0.2) is 36.3 Å². The molecule has 2 aromatic heterocycles. The van der Waals surface area contributed by atoms with E-state index in [-0.39, 0.29) is 0 Å².